The van der Waals surface area contributed by atoms with Crippen LogP contribution >= 0.6 is 0 Å². The van der Waals surface area contributed by atoms with Gasteiger partial charge in [-0.3, -0.25) is 4.79 Å². The van der Waals surface area contributed by atoms with Gasteiger partial charge in [0.05, 0.1) is 12.7 Å². The number of pyridine rings is 1. The van der Waals surface area contributed by atoms with E-state index in [2.05, 4.69) is 15.6 Å². The van der Waals surface area contributed by atoms with Crippen molar-refractivity contribution in [2.45, 2.75) is 13.0 Å². The van der Waals surface area contributed by atoms with Crippen molar-refractivity contribution in [1.82, 2.24) is 19.7 Å². The number of ether oxygens (including phenoxy) is 1. The fraction of sp³-hybridized carbons (Fsp3) is 0.120. The summed E-state index contributed by atoms with van der Waals surface area (Å²) in [6.45, 7) is 1.87. The number of nitrogens with zero attached hydrogens (tertiary/aromatic N) is 4. The summed E-state index contributed by atoms with van der Waals surface area (Å²) >= 11 is 0. The van der Waals surface area contributed by atoms with Gasteiger partial charge in [0.1, 0.15) is 17.6 Å². The zero-order valence-corrected chi connectivity index (χ0v) is 18.2. The Kier molecular flexibility index (Phi) is 5.32. The summed E-state index contributed by atoms with van der Waals surface area (Å²) < 4.78 is 7.07. The molecular formula is C25H22N6O2. The lowest BCUT2D eigenvalue weighted by atomic mass is 9.95. The third kappa shape index (κ3) is 3.94. The molecule has 164 valence electrons. The summed E-state index contributed by atoms with van der Waals surface area (Å²) in [6, 6.07) is 22.3. The number of hydrogen-bond donors (Lipinski definition) is 2. The Morgan fingerprint density at radius 1 is 1.03 bits per heavy atom. The number of nitrogens with one attached hydrogen (secondary N) is 2. The van der Waals surface area contributed by atoms with Crippen LogP contribution in [0.15, 0.2) is 90.3 Å². The quantitative estimate of drug-likeness (QED) is 0.483. The molecule has 2 aromatic heterocycles. The second-order valence-corrected chi connectivity index (χ2v) is 7.58. The van der Waals surface area contributed by atoms with Gasteiger partial charge in [-0.15, -0.1) is 5.10 Å². The van der Waals surface area contributed by atoms with Gasteiger partial charge in [-0.05, 0) is 36.8 Å². The van der Waals surface area contributed by atoms with Crippen molar-refractivity contribution < 1.29 is 9.53 Å². The molecule has 0 spiro atoms. The lowest BCUT2D eigenvalue weighted by molar-refractivity contribution is -0.113. The number of hydrogen-bond acceptors (Lipinski definition) is 6. The van der Waals surface area contributed by atoms with Crippen LogP contribution in [0.4, 0.5) is 11.8 Å². The number of allylic oxidation sites excluding steroid dienone is 1. The van der Waals surface area contributed by atoms with Gasteiger partial charge in [0.15, 0.2) is 5.82 Å². The third-order valence-electron chi connectivity index (χ3n) is 5.47. The van der Waals surface area contributed by atoms with Crippen molar-refractivity contribution in [2.75, 3.05) is 17.7 Å². The molecule has 1 amide bonds. The first-order chi connectivity index (χ1) is 16.1. The Hall–Kier alpha value is -4.46. The second kappa shape index (κ2) is 8.58. The van der Waals surface area contributed by atoms with Crippen LogP contribution in [-0.2, 0) is 4.79 Å². The number of methoxy groups -OCH3 is 1. The molecule has 1 atom stereocenters. The molecule has 4 aromatic rings. The van der Waals surface area contributed by atoms with Crippen molar-refractivity contribution in [3.8, 4) is 17.1 Å². The van der Waals surface area contributed by atoms with E-state index in [1.807, 2.05) is 67.6 Å². The van der Waals surface area contributed by atoms with Crippen LogP contribution < -0.4 is 15.4 Å². The number of benzene rings is 2. The maximum atomic E-state index is 13.4. The fourth-order valence-electron chi connectivity index (χ4n) is 3.87. The Morgan fingerprint density at radius 3 is 2.48 bits per heavy atom. The van der Waals surface area contributed by atoms with Gasteiger partial charge in [-0.1, -0.05) is 48.5 Å². The molecule has 1 aliphatic rings. The van der Waals surface area contributed by atoms with Crippen LogP contribution in [0.1, 0.15) is 18.5 Å². The average molecular weight is 438 g/mol. The van der Waals surface area contributed by atoms with Crippen molar-refractivity contribution >= 4 is 17.7 Å². The van der Waals surface area contributed by atoms with Crippen molar-refractivity contribution in [3.63, 3.8) is 0 Å². The highest BCUT2D eigenvalue weighted by molar-refractivity contribution is 6.05. The minimum absolute atomic E-state index is 0.262. The smallest absolute Gasteiger partial charge is 0.257 e. The molecular weight excluding hydrogens is 416 g/mol. The van der Waals surface area contributed by atoms with E-state index in [0.29, 0.717) is 28.9 Å². The maximum Gasteiger partial charge on any atom is 0.257 e. The molecule has 2 aromatic carbocycles. The lowest BCUT2D eigenvalue weighted by Crippen LogP contribution is -2.31. The van der Waals surface area contributed by atoms with E-state index in [-0.39, 0.29) is 5.91 Å². The zero-order valence-electron chi connectivity index (χ0n) is 18.2. The summed E-state index contributed by atoms with van der Waals surface area (Å²) in [5.74, 6) is 2.10. The third-order valence-corrected chi connectivity index (χ3v) is 5.47. The van der Waals surface area contributed by atoms with E-state index in [1.165, 1.54) is 0 Å². The van der Waals surface area contributed by atoms with Gasteiger partial charge in [-0.2, -0.15) is 4.98 Å². The molecule has 0 fully saturated rings. The van der Waals surface area contributed by atoms with E-state index in [0.717, 1.165) is 16.9 Å². The average Bonchev–Trinajstić information content (AvgIpc) is 3.28. The van der Waals surface area contributed by atoms with Crippen LogP contribution in [0.3, 0.4) is 0 Å². The number of rotatable bonds is 5. The van der Waals surface area contributed by atoms with E-state index >= 15 is 0 Å². The minimum atomic E-state index is -0.485. The zero-order chi connectivity index (χ0) is 22.8. The number of anilines is 2. The molecule has 1 unspecified atom stereocenters. The molecule has 5 rings (SSSR count). The van der Waals surface area contributed by atoms with Crippen LogP contribution in [0, 0.1) is 0 Å². The number of carbonyl (C=O) groups excluding carboxylic acids is 1. The van der Waals surface area contributed by atoms with Gasteiger partial charge in [0.2, 0.25) is 5.95 Å². The summed E-state index contributed by atoms with van der Waals surface area (Å²) in [7, 11) is 1.62. The second-order valence-electron chi connectivity index (χ2n) is 7.58. The highest BCUT2D eigenvalue weighted by Gasteiger charge is 2.34. The number of fused-ring (bicyclic) bond motifs is 1. The van der Waals surface area contributed by atoms with E-state index in [9.17, 15) is 4.79 Å². The van der Waals surface area contributed by atoms with Gasteiger partial charge in [0.25, 0.3) is 5.91 Å². The Morgan fingerprint density at radius 2 is 1.79 bits per heavy atom. The highest BCUT2D eigenvalue weighted by atomic mass is 16.5. The molecule has 1 aliphatic heterocycles. The summed E-state index contributed by atoms with van der Waals surface area (Å²) in [5.41, 5.74) is 3.01. The predicted octanol–water partition coefficient (Wildman–Crippen LogP) is 4.28. The van der Waals surface area contributed by atoms with Crippen LogP contribution in [0.25, 0.3) is 11.4 Å². The SMILES string of the molecule is COc1ccc(C2C(C(=O)Nc3ccccn3)=C(C)Nc3nc(-c4ccccc4)nn32)cc1. The Labute approximate surface area is 191 Å². The predicted molar refractivity (Wildman–Crippen MR) is 126 cm³/mol. The molecule has 2 N–H and O–H groups in total. The van der Waals surface area contributed by atoms with E-state index in [1.54, 1.807) is 30.1 Å². The minimum Gasteiger partial charge on any atom is -0.497 e. The molecule has 0 aliphatic carbocycles. The fourth-order valence-corrected chi connectivity index (χ4v) is 3.87. The first-order valence-electron chi connectivity index (χ1n) is 10.5. The first-order valence-corrected chi connectivity index (χ1v) is 10.5. The molecule has 33 heavy (non-hydrogen) atoms. The monoisotopic (exact) mass is 438 g/mol. The molecule has 8 nitrogen and oxygen atoms in total. The van der Waals surface area contributed by atoms with E-state index in [4.69, 9.17) is 14.8 Å². The van der Waals surface area contributed by atoms with Gasteiger partial charge < -0.3 is 15.4 Å². The molecule has 3 heterocycles. The molecule has 0 saturated heterocycles. The van der Waals surface area contributed by atoms with Crippen molar-refractivity contribution in [3.05, 3.63) is 95.8 Å². The van der Waals surface area contributed by atoms with Crippen molar-refractivity contribution in [2.24, 2.45) is 0 Å². The Bertz CT molecular complexity index is 1310. The highest BCUT2D eigenvalue weighted by Crippen LogP contribution is 2.37. The Balaban J connectivity index is 1.60. The summed E-state index contributed by atoms with van der Waals surface area (Å²) in [4.78, 5) is 22.4. The molecule has 0 radical (unpaired) electrons. The van der Waals surface area contributed by atoms with Crippen LogP contribution in [-0.4, -0.2) is 32.8 Å². The first kappa shape index (κ1) is 20.4. The standard InChI is InChI=1S/C25H22N6O2/c1-16-21(24(32)28-20-10-6-7-15-26-20)22(17-11-13-19(33-2)14-12-17)31-25(27-16)29-23(30-31)18-8-4-3-5-9-18/h3-15,22H,1-2H3,(H,26,28,32)(H,27,29,30). The molecule has 0 saturated carbocycles. The van der Waals surface area contributed by atoms with Crippen molar-refractivity contribution in [1.29, 1.82) is 0 Å². The van der Waals surface area contributed by atoms with Crippen LogP contribution in [0.5, 0.6) is 5.75 Å². The van der Waals surface area contributed by atoms with Crippen LogP contribution in [0.2, 0.25) is 0 Å². The molecule has 0 bridgehead atoms. The summed E-state index contributed by atoms with van der Waals surface area (Å²) in [5, 5.41) is 10.9. The topological polar surface area (TPSA) is 94.0 Å². The largest absolute Gasteiger partial charge is 0.497 e. The number of carbonyl (C=O) groups is 1. The lowest BCUT2D eigenvalue weighted by Gasteiger charge is -2.28. The number of aromatic nitrogens is 4. The maximum absolute atomic E-state index is 13.4. The number of amides is 1. The van der Waals surface area contributed by atoms with Gasteiger partial charge >= 0.3 is 0 Å². The molecule has 8 heteroatoms. The van der Waals surface area contributed by atoms with E-state index < -0.39 is 6.04 Å². The van der Waals surface area contributed by atoms with Gasteiger partial charge in [0, 0.05) is 17.5 Å². The summed E-state index contributed by atoms with van der Waals surface area (Å²) in [6.07, 6.45) is 1.64. The normalized spacial score (nSPS) is 14.9. The van der Waals surface area contributed by atoms with Gasteiger partial charge in [-0.25, -0.2) is 9.67 Å².